The zero-order valence-electron chi connectivity index (χ0n) is 17.6. The maximum Gasteiger partial charge on any atom is 0.276 e. The molecule has 0 atom stereocenters. The van der Waals surface area contributed by atoms with Gasteiger partial charge in [0.15, 0.2) is 5.16 Å². The number of aromatic nitrogens is 2. The Labute approximate surface area is 189 Å². The number of nitrogens with one attached hydrogen (secondary N) is 1. The van der Waals surface area contributed by atoms with Crippen LogP contribution in [0.25, 0.3) is 15.9 Å². The number of thiophene rings is 1. The van der Waals surface area contributed by atoms with E-state index >= 15 is 0 Å². The van der Waals surface area contributed by atoms with E-state index in [1.807, 2.05) is 67.8 Å². The molecule has 4 rings (SSSR count). The van der Waals surface area contributed by atoms with Crippen molar-refractivity contribution in [3.05, 3.63) is 81.0 Å². The summed E-state index contributed by atoms with van der Waals surface area (Å²) in [5, 5.41) is 5.43. The Morgan fingerprint density at radius 1 is 1.10 bits per heavy atom. The van der Waals surface area contributed by atoms with E-state index in [9.17, 15) is 9.59 Å². The van der Waals surface area contributed by atoms with Crippen LogP contribution in [0.2, 0.25) is 0 Å². The normalized spacial score (nSPS) is 11.1. The number of rotatable bonds is 6. The van der Waals surface area contributed by atoms with E-state index in [1.54, 1.807) is 4.57 Å². The molecular formula is C24H23N3O2S2. The first-order valence-corrected chi connectivity index (χ1v) is 11.9. The van der Waals surface area contributed by atoms with Crippen molar-refractivity contribution in [2.75, 3.05) is 11.1 Å². The Hall–Kier alpha value is -2.90. The molecule has 0 aliphatic rings. The van der Waals surface area contributed by atoms with Gasteiger partial charge >= 0.3 is 0 Å². The summed E-state index contributed by atoms with van der Waals surface area (Å²) < 4.78 is 2.24. The molecule has 0 saturated carbocycles. The number of para-hydroxylation sites is 2. The van der Waals surface area contributed by atoms with Crippen molar-refractivity contribution in [1.82, 2.24) is 9.55 Å². The van der Waals surface area contributed by atoms with E-state index in [1.165, 1.54) is 23.1 Å². The van der Waals surface area contributed by atoms with Gasteiger partial charge in [-0.3, -0.25) is 14.2 Å². The molecular weight excluding hydrogens is 426 g/mol. The molecule has 2 heterocycles. The summed E-state index contributed by atoms with van der Waals surface area (Å²) in [4.78, 5) is 30.7. The highest BCUT2D eigenvalue weighted by molar-refractivity contribution is 7.99. The lowest BCUT2D eigenvalue weighted by molar-refractivity contribution is -0.113. The molecule has 2 aromatic heterocycles. The Balaban J connectivity index is 1.66. The first kappa shape index (κ1) is 21.3. The van der Waals surface area contributed by atoms with Crippen molar-refractivity contribution < 1.29 is 4.79 Å². The minimum atomic E-state index is -0.120. The molecule has 1 N–H and O–H groups in total. The quantitative estimate of drug-likeness (QED) is 0.318. The second-order valence-electron chi connectivity index (χ2n) is 7.26. The minimum absolute atomic E-state index is 0.107. The summed E-state index contributed by atoms with van der Waals surface area (Å²) in [5.41, 5.74) is 5.32. The van der Waals surface area contributed by atoms with E-state index in [4.69, 9.17) is 4.98 Å². The molecule has 1 amide bonds. The molecule has 0 spiro atoms. The number of carbonyl (C=O) groups excluding carboxylic acids is 1. The van der Waals surface area contributed by atoms with Gasteiger partial charge in [-0.05, 0) is 54.5 Å². The van der Waals surface area contributed by atoms with Crippen LogP contribution in [0.15, 0.2) is 63.9 Å². The average Bonchev–Trinajstić information content (AvgIpc) is 3.23. The van der Waals surface area contributed by atoms with Crippen molar-refractivity contribution in [3.63, 3.8) is 0 Å². The predicted octanol–water partition coefficient (Wildman–Crippen LogP) is 5.36. The molecule has 4 aromatic rings. The van der Waals surface area contributed by atoms with Crippen LogP contribution in [0, 0.1) is 13.8 Å². The fourth-order valence-electron chi connectivity index (χ4n) is 3.52. The standard InChI is InChI=1S/C24H23N3O2S2/c1-4-17-10-7-9-16(3)21(17)26-20(28)14-31-24-25-18-12-13-30-22(18)23(29)27(24)19-11-6-5-8-15(19)2/h5-13H,4,14H2,1-3H3,(H,26,28). The first-order valence-electron chi connectivity index (χ1n) is 10.1. The Bertz CT molecular complexity index is 1320. The number of benzene rings is 2. The third kappa shape index (κ3) is 4.29. The number of aryl methyl sites for hydroxylation is 3. The molecule has 0 saturated heterocycles. The molecule has 0 unspecified atom stereocenters. The smallest absolute Gasteiger partial charge is 0.276 e. The number of thioether (sulfide) groups is 1. The highest BCUT2D eigenvalue weighted by Gasteiger charge is 2.17. The average molecular weight is 450 g/mol. The lowest BCUT2D eigenvalue weighted by atomic mass is 10.1. The summed E-state index contributed by atoms with van der Waals surface area (Å²) in [7, 11) is 0. The van der Waals surface area contributed by atoms with Gasteiger partial charge in [0.25, 0.3) is 5.56 Å². The first-order chi connectivity index (χ1) is 15.0. The van der Waals surface area contributed by atoms with Gasteiger partial charge in [0.1, 0.15) is 4.70 Å². The number of hydrogen-bond donors (Lipinski definition) is 1. The number of nitrogens with zero attached hydrogens (tertiary/aromatic N) is 2. The molecule has 2 aromatic carbocycles. The summed E-state index contributed by atoms with van der Waals surface area (Å²) in [6, 6.07) is 15.6. The fraction of sp³-hybridized carbons (Fsp3) is 0.208. The van der Waals surface area contributed by atoms with E-state index in [0.29, 0.717) is 15.4 Å². The van der Waals surface area contributed by atoms with E-state index in [2.05, 4.69) is 12.2 Å². The second kappa shape index (κ2) is 9.08. The van der Waals surface area contributed by atoms with Crippen LogP contribution in [0.5, 0.6) is 0 Å². The van der Waals surface area contributed by atoms with E-state index in [0.717, 1.165) is 34.5 Å². The topological polar surface area (TPSA) is 64.0 Å². The Morgan fingerprint density at radius 2 is 1.87 bits per heavy atom. The van der Waals surface area contributed by atoms with Gasteiger partial charge < -0.3 is 5.32 Å². The lowest BCUT2D eigenvalue weighted by Crippen LogP contribution is -2.23. The van der Waals surface area contributed by atoms with Gasteiger partial charge in [-0.15, -0.1) is 11.3 Å². The molecule has 158 valence electrons. The van der Waals surface area contributed by atoms with Crippen LogP contribution in [0.1, 0.15) is 23.6 Å². The summed E-state index contributed by atoms with van der Waals surface area (Å²) in [6.07, 6.45) is 0.841. The third-order valence-electron chi connectivity index (χ3n) is 5.14. The molecule has 0 aliphatic carbocycles. The SMILES string of the molecule is CCc1cccc(C)c1NC(=O)CSc1nc2ccsc2c(=O)n1-c1ccccc1C. The minimum Gasteiger partial charge on any atom is -0.325 e. The largest absolute Gasteiger partial charge is 0.325 e. The van der Waals surface area contributed by atoms with Crippen molar-refractivity contribution in [1.29, 1.82) is 0 Å². The Morgan fingerprint density at radius 3 is 2.65 bits per heavy atom. The van der Waals surface area contributed by atoms with E-state index < -0.39 is 0 Å². The maximum absolute atomic E-state index is 13.2. The van der Waals surface area contributed by atoms with Crippen LogP contribution < -0.4 is 10.9 Å². The third-order valence-corrected chi connectivity index (χ3v) is 6.97. The van der Waals surface area contributed by atoms with Gasteiger partial charge in [-0.1, -0.05) is 55.1 Å². The van der Waals surface area contributed by atoms with Crippen molar-refractivity contribution >= 4 is 44.9 Å². The zero-order chi connectivity index (χ0) is 22.0. The van der Waals surface area contributed by atoms with Crippen LogP contribution in [-0.4, -0.2) is 21.2 Å². The number of amides is 1. The highest BCUT2D eigenvalue weighted by Crippen LogP contribution is 2.26. The molecule has 0 radical (unpaired) electrons. The van der Waals surface area contributed by atoms with Crippen LogP contribution in [-0.2, 0) is 11.2 Å². The van der Waals surface area contributed by atoms with Gasteiger partial charge in [0, 0.05) is 5.69 Å². The highest BCUT2D eigenvalue weighted by atomic mass is 32.2. The molecule has 0 fully saturated rings. The van der Waals surface area contributed by atoms with Gasteiger partial charge in [-0.2, -0.15) is 0 Å². The maximum atomic E-state index is 13.2. The van der Waals surface area contributed by atoms with Gasteiger partial charge in [0.2, 0.25) is 5.91 Å². The monoisotopic (exact) mass is 449 g/mol. The summed E-state index contributed by atoms with van der Waals surface area (Å²) >= 11 is 2.66. The predicted molar refractivity (Wildman–Crippen MR) is 130 cm³/mol. The van der Waals surface area contributed by atoms with Crippen LogP contribution in [0.4, 0.5) is 5.69 Å². The lowest BCUT2D eigenvalue weighted by Gasteiger charge is -2.15. The summed E-state index contributed by atoms with van der Waals surface area (Å²) in [6.45, 7) is 6.02. The van der Waals surface area contributed by atoms with Crippen molar-refractivity contribution in [2.45, 2.75) is 32.3 Å². The second-order valence-corrected chi connectivity index (χ2v) is 9.11. The molecule has 0 aliphatic heterocycles. The number of hydrogen-bond acceptors (Lipinski definition) is 5. The number of fused-ring (bicyclic) bond motifs is 1. The molecule has 5 nitrogen and oxygen atoms in total. The fourth-order valence-corrected chi connectivity index (χ4v) is 5.09. The van der Waals surface area contributed by atoms with Crippen LogP contribution in [0.3, 0.4) is 0 Å². The molecule has 0 bridgehead atoms. The van der Waals surface area contributed by atoms with Crippen molar-refractivity contribution in [2.24, 2.45) is 0 Å². The van der Waals surface area contributed by atoms with Crippen LogP contribution >= 0.6 is 23.1 Å². The number of carbonyl (C=O) groups is 1. The van der Waals surface area contributed by atoms with E-state index in [-0.39, 0.29) is 17.2 Å². The zero-order valence-corrected chi connectivity index (χ0v) is 19.3. The molecule has 7 heteroatoms. The Kier molecular flexibility index (Phi) is 6.25. The van der Waals surface area contributed by atoms with Gasteiger partial charge in [0.05, 0.1) is 17.0 Å². The van der Waals surface area contributed by atoms with Gasteiger partial charge in [-0.25, -0.2) is 4.98 Å². The number of anilines is 1. The van der Waals surface area contributed by atoms with Crippen molar-refractivity contribution in [3.8, 4) is 5.69 Å². The summed E-state index contributed by atoms with van der Waals surface area (Å²) in [5.74, 6) is 0.0378. The molecule has 31 heavy (non-hydrogen) atoms.